The van der Waals surface area contributed by atoms with E-state index in [9.17, 15) is 4.79 Å². The first-order chi connectivity index (χ1) is 11.7. The second-order valence-electron chi connectivity index (χ2n) is 5.83. The van der Waals surface area contributed by atoms with Gasteiger partial charge in [-0.2, -0.15) is 0 Å². The molecule has 1 unspecified atom stereocenters. The average Bonchev–Trinajstić information content (AvgIpc) is 2.91. The number of benzene rings is 3. The van der Waals surface area contributed by atoms with Crippen LogP contribution in [0.3, 0.4) is 0 Å². The number of fused-ring (bicyclic) bond motifs is 1. The van der Waals surface area contributed by atoms with Gasteiger partial charge in [0.1, 0.15) is 0 Å². The molecule has 4 rings (SSSR count). The Balaban J connectivity index is 1.89. The van der Waals surface area contributed by atoms with E-state index in [2.05, 4.69) is 31.2 Å². The summed E-state index contributed by atoms with van der Waals surface area (Å²) in [5.74, 6) is -0.269. The van der Waals surface area contributed by atoms with Crippen molar-refractivity contribution in [3.05, 3.63) is 101 Å². The molecule has 0 radical (unpaired) electrons. The van der Waals surface area contributed by atoms with E-state index >= 15 is 0 Å². The van der Waals surface area contributed by atoms with Crippen molar-refractivity contribution in [2.75, 3.05) is 0 Å². The number of thioether (sulfide) groups is 1. The minimum Gasteiger partial charge on any atom is -0.435 e. The predicted molar refractivity (Wildman–Crippen MR) is 96.1 cm³/mol. The number of carbonyl (C=O) groups is 1. The summed E-state index contributed by atoms with van der Waals surface area (Å²) >= 11 is 1.56. The predicted octanol–water partition coefficient (Wildman–Crippen LogP) is 5.16. The molecule has 0 bridgehead atoms. The van der Waals surface area contributed by atoms with Crippen LogP contribution < -0.4 is 0 Å². The Morgan fingerprint density at radius 2 is 1.50 bits per heavy atom. The van der Waals surface area contributed by atoms with E-state index in [1.807, 2.05) is 54.6 Å². The molecule has 3 aromatic rings. The normalized spacial score (nSPS) is 19.0. The molecule has 3 aromatic carbocycles. The number of cyclic esters (lactones) is 1. The van der Waals surface area contributed by atoms with Gasteiger partial charge in [-0.15, -0.1) is 0 Å². The van der Waals surface area contributed by atoms with Crippen LogP contribution in [0.4, 0.5) is 0 Å². The summed E-state index contributed by atoms with van der Waals surface area (Å²) < 4.78 is 5.96. The molecule has 24 heavy (non-hydrogen) atoms. The van der Waals surface area contributed by atoms with Crippen LogP contribution in [0.2, 0.25) is 0 Å². The van der Waals surface area contributed by atoms with E-state index in [0.717, 1.165) is 16.0 Å². The van der Waals surface area contributed by atoms with Crippen LogP contribution in [-0.2, 0) is 9.67 Å². The second-order valence-corrected chi connectivity index (χ2v) is 7.08. The van der Waals surface area contributed by atoms with Gasteiger partial charge in [0, 0.05) is 16.0 Å². The highest BCUT2D eigenvalue weighted by atomic mass is 32.2. The Hall–Kier alpha value is -2.52. The summed E-state index contributed by atoms with van der Waals surface area (Å²) in [4.78, 5) is 12.7. The third kappa shape index (κ3) is 2.42. The summed E-state index contributed by atoms with van der Waals surface area (Å²) in [7, 11) is 0. The molecule has 0 spiro atoms. The number of carbonyl (C=O) groups excluding carboxylic acids is 1. The van der Waals surface area contributed by atoms with E-state index in [4.69, 9.17) is 4.74 Å². The van der Waals surface area contributed by atoms with E-state index in [1.54, 1.807) is 11.8 Å². The summed E-state index contributed by atoms with van der Waals surface area (Å²) in [6, 6.07) is 25.9. The Morgan fingerprint density at radius 1 is 0.833 bits per heavy atom. The molecule has 0 saturated carbocycles. The molecule has 1 aliphatic rings. The number of rotatable bonds is 3. The maximum atomic E-state index is 12.5. The minimum atomic E-state index is -0.843. The smallest absolute Gasteiger partial charge is 0.340 e. The standard InChI is InChI=1S/C21H16O2S/c1-15-11-13-17(14-12-15)24-21(16-7-3-2-4-8-16)19-10-6-5-9-18(19)20(22)23-21/h2-14H,1H3. The fourth-order valence-electron chi connectivity index (χ4n) is 2.97. The molecule has 0 aromatic heterocycles. The van der Waals surface area contributed by atoms with E-state index < -0.39 is 4.93 Å². The molecule has 0 aliphatic carbocycles. The van der Waals surface area contributed by atoms with Gasteiger partial charge in [-0.25, -0.2) is 4.79 Å². The van der Waals surface area contributed by atoms with Gasteiger partial charge in [0.25, 0.3) is 0 Å². The molecule has 0 amide bonds. The van der Waals surface area contributed by atoms with Gasteiger partial charge in [0.05, 0.1) is 5.56 Å². The maximum Gasteiger partial charge on any atom is 0.340 e. The van der Waals surface area contributed by atoms with Crippen LogP contribution in [-0.4, -0.2) is 5.97 Å². The fourth-order valence-corrected chi connectivity index (χ4v) is 4.23. The molecule has 1 heterocycles. The molecule has 0 saturated heterocycles. The lowest BCUT2D eigenvalue weighted by Gasteiger charge is -2.28. The lowest BCUT2D eigenvalue weighted by Crippen LogP contribution is -2.23. The Kier molecular flexibility index (Phi) is 3.66. The van der Waals surface area contributed by atoms with Crippen molar-refractivity contribution in [3.8, 4) is 0 Å². The molecular weight excluding hydrogens is 316 g/mol. The third-order valence-corrected chi connectivity index (χ3v) is 5.51. The molecule has 0 N–H and O–H groups in total. The van der Waals surface area contributed by atoms with Crippen molar-refractivity contribution in [1.29, 1.82) is 0 Å². The highest BCUT2D eigenvalue weighted by Crippen LogP contribution is 2.52. The zero-order chi connectivity index (χ0) is 16.6. The highest BCUT2D eigenvalue weighted by molar-refractivity contribution is 8.00. The van der Waals surface area contributed by atoms with E-state index in [0.29, 0.717) is 5.56 Å². The van der Waals surface area contributed by atoms with Gasteiger partial charge in [0.2, 0.25) is 4.93 Å². The van der Waals surface area contributed by atoms with Gasteiger partial charge in [0.15, 0.2) is 0 Å². The van der Waals surface area contributed by atoms with Crippen LogP contribution >= 0.6 is 11.8 Å². The number of hydrogen-bond acceptors (Lipinski definition) is 3. The van der Waals surface area contributed by atoms with Crippen molar-refractivity contribution in [2.24, 2.45) is 0 Å². The zero-order valence-corrected chi connectivity index (χ0v) is 14.0. The largest absolute Gasteiger partial charge is 0.435 e. The van der Waals surface area contributed by atoms with Gasteiger partial charge >= 0.3 is 5.97 Å². The monoisotopic (exact) mass is 332 g/mol. The average molecular weight is 332 g/mol. The second kappa shape index (κ2) is 5.84. The van der Waals surface area contributed by atoms with Crippen LogP contribution in [0.5, 0.6) is 0 Å². The SMILES string of the molecule is Cc1ccc(SC2(c3ccccc3)OC(=O)c3ccccc32)cc1. The van der Waals surface area contributed by atoms with Crippen LogP contribution in [0, 0.1) is 6.92 Å². The summed E-state index contributed by atoms with van der Waals surface area (Å²) in [6.45, 7) is 2.06. The first-order valence-electron chi connectivity index (χ1n) is 7.83. The third-order valence-electron chi connectivity index (χ3n) is 4.17. The van der Waals surface area contributed by atoms with Crippen molar-refractivity contribution >= 4 is 17.7 Å². The topological polar surface area (TPSA) is 26.3 Å². The Bertz CT molecular complexity index is 887. The molecule has 2 nitrogen and oxygen atoms in total. The number of ether oxygens (including phenoxy) is 1. The zero-order valence-electron chi connectivity index (χ0n) is 13.2. The minimum absolute atomic E-state index is 0.269. The van der Waals surface area contributed by atoms with Crippen LogP contribution in [0.1, 0.15) is 27.0 Å². The van der Waals surface area contributed by atoms with Crippen molar-refractivity contribution < 1.29 is 9.53 Å². The Morgan fingerprint density at radius 3 is 2.25 bits per heavy atom. The summed E-state index contributed by atoms with van der Waals surface area (Å²) in [6.07, 6.45) is 0. The number of esters is 1. The quantitative estimate of drug-likeness (QED) is 0.620. The van der Waals surface area contributed by atoms with Gasteiger partial charge in [-0.05, 0) is 25.1 Å². The van der Waals surface area contributed by atoms with Gasteiger partial charge in [-0.1, -0.05) is 78.0 Å². The van der Waals surface area contributed by atoms with E-state index in [-0.39, 0.29) is 5.97 Å². The van der Waals surface area contributed by atoms with Gasteiger partial charge in [-0.3, -0.25) is 0 Å². The van der Waals surface area contributed by atoms with E-state index in [1.165, 1.54) is 5.56 Å². The molecule has 1 aliphatic heterocycles. The molecule has 3 heteroatoms. The highest BCUT2D eigenvalue weighted by Gasteiger charge is 2.47. The summed E-state index contributed by atoms with van der Waals surface area (Å²) in [5, 5.41) is 0. The first-order valence-corrected chi connectivity index (χ1v) is 8.65. The van der Waals surface area contributed by atoms with Gasteiger partial charge < -0.3 is 4.74 Å². The fraction of sp³-hybridized carbons (Fsp3) is 0.0952. The molecule has 1 atom stereocenters. The number of hydrogen-bond donors (Lipinski definition) is 0. The number of aryl methyl sites for hydroxylation is 1. The molecular formula is C21H16O2S. The van der Waals surface area contributed by atoms with Crippen LogP contribution in [0.15, 0.2) is 83.8 Å². The first kappa shape index (κ1) is 15.0. The molecule has 0 fully saturated rings. The maximum absolute atomic E-state index is 12.5. The Labute approximate surface area is 145 Å². The summed E-state index contributed by atoms with van der Waals surface area (Å²) in [5.41, 5.74) is 3.72. The van der Waals surface area contributed by atoms with Crippen molar-refractivity contribution in [3.63, 3.8) is 0 Å². The van der Waals surface area contributed by atoms with Crippen molar-refractivity contribution in [1.82, 2.24) is 0 Å². The van der Waals surface area contributed by atoms with Crippen LogP contribution in [0.25, 0.3) is 0 Å². The lowest BCUT2D eigenvalue weighted by atomic mass is 9.99. The van der Waals surface area contributed by atoms with Crippen molar-refractivity contribution in [2.45, 2.75) is 16.8 Å². The molecule has 118 valence electrons. The lowest BCUT2D eigenvalue weighted by molar-refractivity contribution is 0.0384.